The minimum Gasteiger partial charge on any atom is -0.494 e. The minimum atomic E-state index is -0.847. The molecule has 2 aromatic rings. The lowest BCUT2D eigenvalue weighted by Crippen LogP contribution is -2.26. The molecule has 0 saturated heterocycles. The Kier molecular flexibility index (Phi) is 6.77. The highest BCUT2D eigenvalue weighted by atomic mass is 35.5. The van der Waals surface area contributed by atoms with Gasteiger partial charge in [-0.2, -0.15) is 0 Å². The molecule has 0 aliphatic carbocycles. The summed E-state index contributed by atoms with van der Waals surface area (Å²) in [6.45, 7) is 4.05. The number of ether oxygens (including phenoxy) is 1. The van der Waals surface area contributed by atoms with Gasteiger partial charge in [0.15, 0.2) is 0 Å². The number of amides is 1. The van der Waals surface area contributed by atoms with E-state index in [0.717, 1.165) is 17.4 Å². The molecule has 0 spiro atoms. The largest absolute Gasteiger partial charge is 0.494 e. The fourth-order valence-electron chi connectivity index (χ4n) is 1.87. The van der Waals surface area contributed by atoms with Gasteiger partial charge < -0.3 is 14.9 Å². The van der Waals surface area contributed by atoms with Crippen molar-refractivity contribution in [2.45, 2.75) is 20.0 Å². The summed E-state index contributed by atoms with van der Waals surface area (Å²) in [6.07, 6.45) is 0.643. The smallest absolute Gasteiger partial charge is 0.268 e. The molecule has 1 N–H and O–H groups in total. The third-order valence-electron chi connectivity index (χ3n) is 3.17. The molecule has 0 radical (unpaired) electrons. The lowest BCUT2D eigenvalue weighted by molar-refractivity contribution is -0.126. The van der Waals surface area contributed by atoms with Crippen LogP contribution in [0.2, 0.25) is 5.02 Å². The van der Waals surface area contributed by atoms with Crippen LogP contribution in [0.4, 0.5) is 10.1 Å². The molecule has 0 bridgehead atoms. The first kappa shape index (κ1) is 18.7. The number of carbonyl (C=O) groups excluding carboxylic acids is 1. The SMILES string of the molecule is CCOc1ccc(/C=N\O[C@H](C)C(=O)Nc2ccc(F)cc2Cl)cc1. The van der Waals surface area contributed by atoms with Crippen LogP contribution in [0.1, 0.15) is 19.4 Å². The highest BCUT2D eigenvalue weighted by molar-refractivity contribution is 6.33. The maximum Gasteiger partial charge on any atom is 0.268 e. The van der Waals surface area contributed by atoms with Crippen molar-refractivity contribution in [3.8, 4) is 5.75 Å². The van der Waals surface area contributed by atoms with Crippen molar-refractivity contribution in [3.05, 3.63) is 58.9 Å². The van der Waals surface area contributed by atoms with E-state index in [1.54, 1.807) is 6.92 Å². The van der Waals surface area contributed by atoms with Gasteiger partial charge in [0.1, 0.15) is 11.6 Å². The predicted octanol–water partition coefficient (Wildman–Crippen LogP) is 4.26. The number of hydrogen-bond donors (Lipinski definition) is 1. The fraction of sp³-hybridized carbons (Fsp3) is 0.222. The second kappa shape index (κ2) is 9.03. The summed E-state index contributed by atoms with van der Waals surface area (Å²) < 4.78 is 18.3. The van der Waals surface area contributed by atoms with Crippen molar-refractivity contribution in [1.29, 1.82) is 0 Å². The standard InChI is InChI=1S/C18H18ClFN2O3/c1-3-24-15-7-4-13(5-8-15)11-21-25-12(2)18(23)22-17-9-6-14(20)10-16(17)19/h4-12H,3H2,1-2H3,(H,22,23)/b21-11-/t12-/m1/s1. The van der Waals surface area contributed by atoms with Crippen molar-refractivity contribution in [1.82, 2.24) is 0 Å². The lowest BCUT2D eigenvalue weighted by Gasteiger charge is -2.11. The van der Waals surface area contributed by atoms with Crippen LogP contribution in [0.3, 0.4) is 0 Å². The number of benzene rings is 2. The third kappa shape index (κ3) is 5.76. The van der Waals surface area contributed by atoms with Gasteiger partial charge in [-0.3, -0.25) is 4.79 Å². The number of carbonyl (C=O) groups is 1. The van der Waals surface area contributed by atoms with E-state index in [9.17, 15) is 9.18 Å². The van der Waals surface area contributed by atoms with Crippen LogP contribution >= 0.6 is 11.6 Å². The summed E-state index contributed by atoms with van der Waals surface area (Å²) in [6, 6.07) is 11.0. The zero-order valence-electron chi connectivity index (χ0n) is 13.8. The second-order valence-electron chi connectivity index (χ2n) is 5.10. The summed E-state index contributed by atoms with van der Waals surface area (Å²) >= 11 is 5.86. The number of nitrogens with one attached hydrogen (secondary N) is 1. The summed E-state index contributed by atoms with van der Waals surface area (Å²) in [7, 11) is 0. The average molecular weight is 365 g/mol. The molecule has 2 aromatic carbocycles. The van der Waals surface area contributed by atoms with E-state index in [1.165, 1.54) is 18.3 Å². The summed E-state index contributed by atoms with van der Waals surface area (Å²) in [4.78, 5) is 17.2. The van der Waals surface area contributed by atoms with Gasteiger partial charge in [0.2, 0.25) is 6.10 Å². The van der Waals surface area contributed by atoms with Crippen molar-refractivity contribution in [2.24, 2.45) is 5.16 Å². The molecule has 0 unspecified atom stereocenters. The second-order valence-corrected chi connectivity index (χ2v) is 5.50. The molecule has 0 aliphatic rings. The Morgan fingerprint density at radius 1 is 1.32 bits per heavy atom. The first-order valence-electron chi connectivity index (χ1n) is 7.67. The van der Waals surface area contributed by atoms with Crippen LogP contribution in [0.5, 0.6) is 5.75 Å². The molecule has 0 heterocycles. The molecular formula is C18H18ClFN2O3. The van der Waals surface area contributed by atoms with Crippen LogP contribution in [0.15, 0.2) is 47.6 Å². The van der Waals surface area contributed by atoms with Crippen LogP contribution in [0, 0.1) is 5.82 Å². The number of oxime groups is 1. The van der Waals surface area contributed by atoms with E-state index in [1.807, 2.05) is 31.2 Å². The molecule has 2 rings (SSSR count). The van der Waals surface area contributed by atoms with Gasteiger partial charge in [0, 0.05) is 0 Å². The number of halogens is 2. The predicted molar refractivity (Wildman–Crippen MR) is 95.8 cm³/mol. The maximum atomic E-state index is 13.0. The molecule has 0 aromatic heterocycles. The molecule has 5 nitrogen and oxygen atoms in total. The zero-order chi connectivity index (χ0) is 18.2. The van der Waals surface area contributed by atoms with Crippen LogP contribution in [-0.4, -0.2) is 24.8 Å². The van der Waals surface area contributed by atoms with E-state index >= 15 is 0 Å². The molecule has 0 saturated carbocycles. The van der Waals surface area contributed by atoms with Gasteiger partial charge in [-0.05, 0) is 61.9 Å². The van der Waals surface area contributed by atoms with Gasteiger partial charge in [0.25, 0.3) is 5.91 Å². The Balaban J connectivity index is 1.88. The number of rotatable bonds is 7. The molecule has 132 valence electrons. The summed E-state index contributed by atoms with van der Waals surface area (Å²) in [5.74, 6) is -0.158. The molecule has 1 atom stereocenters. The average Bonchev–Trinajstić information content (AvgIpc) is 2.59. The molecule has 1 amide bonds. The summed E-state index contributed by atoms with van der Waals surface area (Å²) in [5, 5.41) is 6.46. The topological polar surface area (TPSA) is 59.9 Å². The van der Waals surface area contributed by atoms with Crippen LogP contribution in [-0.2, 0) is 9.63 Å². The van der Waals surface area contributed by atoms with Gasteiger partial charge in [0.05, 0.1) is 23.5 Å². The monoisotopic (exact) mass is 364 g/mol. The Labute approximate surface area is 150 Å². The molecule has 0 aliphatic heterocycles. The van der Waals surface area contributed by atoms with Crippen LogP contribution < -0.4 is 10.1 Å². The van der Waals surface area contributed by atoms with Crippen molar-refractivity contribution in [3.63, 3.8) is 0 Å². The Morgan fingerprint density at radius 3 is 2.68 bits per heavy atom. The third-order valence-corrected chi connectivity index (χ3v) is 3.48. The summed E-state index contributed by atoms with van der Waals surface area (Å²) in [5.41, 5.74) is 1.11. The highest BCUT2D eigenvalue weighted by Gasteiger charge is 2.15. The van der Waals surface area contributed by atoms with Crippen molar-refractivity contribution >= 4 is 29.4 Å². The maximum absolute atomic E-state index is 13.0. The zero-order valence-corrected chi connectivity index (χ0v) is 14.6. The number of hydrogen-bond acceptors (Lipinski definition) is 4. The Hall–Kier alpha value is -2.60. The van der Waals surface area contributed by atoms with Crippen LogP contribution in [0.25, 0.3) is 0 Å². The van der Waals surface area contributed by atoms with E-state index < -0.39 is 17.8 Å². The Morgan fingerprint density at radius 2 is 2.04 bits per heavy atom. The fourth-order valence-corrected chi connectivity index (χ4v) is 2.09. The molecule has 0 fully saturated rings. The molecule has 7 heteroatoms. The van der Waals surface area contributed by atoms with Gasteiger partial charge in [-0.15, -0.1) is 0 Å². The Bertz CT molecular complexity index is 750. The van der Waals surface area contributed by atoms with E-state index in [0.29, 0.717) is 12.3 Å². The highest BCUT2D eigenvalue weighted by Crippen LogP contribution is 2.22. The van der Waals surface area contributed by atoms with E-state index in [2.05, 4.69) is 10.5 Å². The van der Waals surface area contributed by atoms with Gasteiger partial charge in [-0.25, -0.2) is 4.39 Å². The van der Waals surface area contributed by atoms with Gasteiger partial charge in [-0.1, -0.05) is 16.8 Å². The number of anilines is 1. The first-order valence-corrected chi connectivity index (χ1v) is 8.05. The quantitative estimate of drug-likeness (QED) is 0.590. The van der Waals surface area contributed by atoms with Crippen molar-refractivity contribution < 1.29 is 18.8 Å². The lowest BCUT2D eigenvalue weighted by atomic mass is 10.2. The van der Waals surface area contributed by atoms with E-state index in [-0.39, 0.29) is 5.02 Å². The normalized spacial score (nSPS) is 12.0. The van der Waals surface area contributed by atoms with Crippen molar-refractivity contribution in [2.75, 3.05) is 11.9 Å². The molecular weight excluding hydrogens is 347 g/mol. The minimum absolute atomic E-state index is 0.110. The number of nitrogens with zero attached hydrogens (tertiary/aromatic N) is 1. The van der Waals surface area contributed by atoms with E-state index in [4.69, 9.17) is 21.2 Å². The molecule has 25 heavy (non-hydrogen) atoms. The first-order chi connectivity index (χ1) is 12.0. The van der Waals surface area contributed by atoms with Gasteiger partial charge >= 0.3 is 0 Å².